The Labute approximate surface area is 129 Å². The van der Waals surface area contributed by atoms with E-state index in [0.717, 1.165) is 9.52 Å². The van der Waals surface area contributed by atoms with Gasteiger partial charge in [-0.1, -0.05) is 72.8 Å². The zero-order chi connectivity index (χ0) is 14.9. The van der Waals surface area contributed by atoms with E-state index in [0.29, 0.717) is 0 Å². The molecule has 0 N–H and O–H groups in total. The van der Waals surface area contributed by atoms with Crippen LogP contribution >= 0.6 is 0 Å². The summed E-state index contributed by atoms with van der Waals surface area (Å²) in [7, 11) is 0.725. The van der Waals surface area contributed by atoms with Crippen LogP contribution < -0.4 is 0 Å². The molecule has 0 aliphatic heterocycles. The Kier molecular flexibility index (Phi) is 5.74. The standard InChI is InChI=1S/2C8H6.C4H6Si/c2*1-2-4-8-6-5-7(8)3-1;1-3-5-4-2/h2*1-6H;3-4H,1-2H2. The Morgan fingerprint density at radius 2 is 0.857 bits per heavy atom. The highest BCUT2D eigenvalue weighted by atomic mass is 28.2. The Bertz CT molecular complexity index is 568. The van der Waals surface area contributed by atoms with Crippen molar-refractivity contribution >= 4 is 33.8 Å². The molecule has 0 saturated heterocycles. The molecule has 0 amide bonds. The van der Waals surface area contributed by atoms with E-state index in [1.54, 1.807) is 0 Å². The first-order chi connectivity index (χ1) is 10.3. The first-order valence-corrected chi connectivity index (χ1v) is 8.02. The normalized spacial score (nSPS) is 11.0. The van der Waals surface area contributed by atoms with E-state index in [2.05, 4.69) is 86.0 Å². The lowest BCUT2D eigenvalue weighted by atomic mass is 9.99. The second-order valence-corrected chi connectivity index (χ2v) is 5.65. The third-order valence-electron chi connectivity index (χ3n) is 3.11. The second kappa shape index (κ2) is 8.03. The smallest absolute Gasteiger partial charge is 0.0997 e. The predicted molar refractivity (Wildman–Crippen MR) is 96.9 cm³/mol. The van der Waals surface area contributed by atoms with E-state index in [1.807, 2.05) is 11.4 Å². The number of rotatable bonds is 2. The zero-order valence-corrected chi connectivity index (χ0v) is 13.0. The lowest BCUT2D eigenvalue weighted by Crippen LogP contribution is -1.85. The van der Waals surface area contributed by atoms with E-state index < -0.39 is 0 Å². The van der Waals surface area contributed by atoms with Gasteiger partial charge in [0.05, 0.1) is 9.52 Å². The summed E-state index contributed by atoms with van der Waals surface area (Å²) in [5, 5.41) is 0. The molecule has 0 atom stereocenters. The third-order valence-corrected chi connectivity index (χ3v) is 3.58. The highest BCUT2D eigenvalue weighted by Crippen LogP contribution is 2.22. The lowest BCUT2D eigenvalue weighted by molar-refractivity contribution is 1.58. The number of hydrogen-bond acceptors (Lipinski definition) is 0. The molecule has 2 aromatic carbocycles. The van der Waals surface area contributed by atoms with Gasteiger partial charge in [0.25, 0.3) is 0 Å². The van der Waals surface area contributed by atoms with Crippen molar-refractivity contribution in [2.45, 2.75) is 0 Å². The van der Waals surface area contributed by atoms with Crippen LogP contribution in [0.5, 0.6) is 0 Å². The molecule has 0 unspecified atom stereocenters. The summed E-state index contributed by atoms with van der Waals surface area (Å²) in [4.78, 5) is 0. The van der Waals surface area contributed by atoms with Crippen molar-refractivity contribution in [1.82, 2.24) is 0 Å². The molecular weight excluding hydrogens is 268 g/mol. The molecule has 0 nitrogen and oxygen atoms in total. The molecule has 2 aliphatic carbocycles. The Balaban J connectivity index is 0.000000120. The zero-order valence-electron chi connectivity index (χ0n) is 12.0. The van der Waals surface area contributed by atoms with Crippen molar-refractivity contribution in [1.29, 1.82) is 0 Å². The average molecular weight is 286 g/mol. The summed E-state index contributed by atoms with van der Waals surface area (Å²) >= 11 is 0. The van der Waals surface area contributed by atoms with Crippen molar-refractivity contribution in [2.24, 2.45) is 0 Å². The fourth-order valence-corrected chi connectivity index (χ4v) is 2.05. The van der Waals surface area contributed by atoms with Gasteiger partial charge >= 0.3 is 0 Å². The van der Waals surface area contributed by atoms with E-state index in [-0.39, 0.29) is 0 Å². The molecule has 2 radical (unpaired) electrons. The van der Waals surface area contributed by atoms with Crippen molar-refractivity contribution in [3.8, 4) is 0 Å². The van der Waals surface area contributed by atoms with Gasteiger partial charge in [0.15, 0.2) is 0 Å². The van der Waals surface area contributed by atoms with Gasteiger partial charge in [0.2, 0.25) is 0 Å². The molecule has 1 heteroatoms. The summed E-state index contributed by atoms with van der Waals surface area (Å²) in [6, 6.07) is 16.7. The molecule has 0 bridgehead atoms. The molecule has 4 rings (SSSR count). The second-order valence-electron chi connectivity index (χ2n) is 4.50. The van der Waals surface area contributed by atoms with Crippen LogP contribution in [0.25, 0.3) is 24.3 Å². The summed E-state index contributed by atoms with van der Waals surface area (Å²) in [6.07, 6.45) is 8.48. The quantitative estimate of drug-likeness (QED) is 0.438. The van der Waals surface area contributed by atoms with Gasteiger partial charge in [-0.15, -0.1) is 24.6 Å². The molecule has 0 fully saturated rings. The maximum atomic E-state index is 3.49. The van der Waals surface area contributed by atoms with E-state index >= 15 is 0 Å². The topological polar surface area (TPSA) is 0 Å². The molecule has 2 aliphatic rings. The third kappa shape index (κ3) is 4.30. The van der Waals surface area contributed by atoms with E-state index in [4.69, 9.17) is 0 Å². The lowest BCUT2D eigenvalue weighted by Gasteiger charge is -2.06. The average Bonchev–Trinajstić information content (AvgIpc) is 2.44. The van der Waals surface area contributed by atoms with Crippen LogP contribution in [-0.4, -0.2) is 9.52 Å². The minimum Gasteiger partial charge on any atom is -0.107 e. The molecule has 0 aromatic heterocycles. The van der Waals surface area contributed by atoms with Crippen LogP contribution in [0.4, 0.5) is 0 Å². The van der Waals surface area contributed by atoms with Crippen molar-refractivity contribution in [3.05, 3.63) is 95.3 Å². The SMILES string of the molecule is C1=Cc2ccccc21.C1=Cc2ccccc21.C=C[Si]C=C. The fraction of sp³-hybridized carbons (Fsp3) is 0. The van der Waals surface area contributed by atoms with Crippen LogP contribution in [0, 0.1) is 0 Å². The van der Waals surface area contributed by atoms with Crippen LogP contribution in [-0.2, 0) is 0 Å². The molecule has 2 aromatic rings. The summed E-state index contributed by atoms with van der Waals surface area (Å²) in [6.45, 7) is 6.98. The van der Waals surface area contributed by atoms with Gasteiger partial charge < -0.3 is 0 Å². The summed E-state index contributed by atoms with van der Waals surface area (Å²) in [5.74, 6) is 0. The first-order valence-electron chi connectivity index (χ1n) is 6.87. The minimum atomic E-state index is 0.725. The van der Waals surface area contributed by atoms with Crippen LogP contribution in [0.15, 0.2) is 73.1 Å². The molecule has 102 valence electrons. The highest BCUT2D eigenvalue weighted by Gasteiger charge is 2.00. The Hall–Kier alpha value is -2.38. The first kappa shape index (κ1) is 15.0. The molecule has 21 heavy (non-hydrogen) atoms. The maximum absolute atomic E-state index is 3.49. The van der Waals surface area contributed by atoms with Crippen LogP contribution in [0.2, 0.25) is 0 Å². The van der Waals surface area contributed by atoms with Gasteiger partial charge in [-0.2, -0.15) is 0 Å². The van der Waals surface area contributed by atoms with Crippen molar-refractivity contribution < 1.29 is 0 Å². The monoisotopic (exact) mass is 286 g/mol. The fourth-order valence-electron chi connectivity index (χ4n) is 1.88. The van der Waals surface area contributed by atoms with Gasteiger partial charge in [0.1, 0.15) is 0 Å². The maximum Gasteiger partial charge on any atom is 0.0997 e. The summed E-state index contributed by atoms with van der Waals surface area (Å²) < 4.78 is 0. The molecule has 0 heterocycles. The van der Waals surface area contributed by atoms with Gasteiger partial charge in [-0.25, -0.2) is 0 Å². The van der Waals surface area contributed by atoms with Gasteiger partial charge in [0, 0.05) is 0 Å². The Morgan fingerprint density at radius 1 is 0.571 bits per heavy atom. The van der Waals surface area contributed by atoms with Crippen molar-refractivity contribution in [2.75, 3.05) is 0 Å². The van der Waals surface area contributed by atoms with Crippen molar-refractivity contribution in [3.63, 3.8) is 0 Å². The van der Waals surface area contributed by atoms with E-state index in [1.165, 1.54) is 22.3 Å². The molecule has 0 saturated carbocycles. The number of fused-ring (bicyclic) bond motifs is 2. The van der Waals surface area contributed by atoms with Crippen LogP contribution in [0.1, 0.15) is 22.3 Å². The minimum absolute atomic E-state index is 0.725. The highest BCUT2D eigenvalue weighted by molar-refractivity contribution is 6.47. The number of benzene rings is 2. The summed E-state index contributed by atoms with van der Waals surface area (Å²) in [5.41, 5.74) is 9.15. The van der Waals surface area contributed by atoms with E-state index in [9.17, 15) is 0 Å². The largest absolute Gasteiger partial charge is 0.107 e. The van der Waals surface area contributed by atoms with Gasteiger partial charge in [-0.05, 0) is 22.3 Å². The molecule has 0 spiro atoms. The Morgan fingerprint density at radius 3 is 0.952 bits per heavy atom. The van der Waals surface area contributed by atoms with Gasteiger partial charge in [-0.3, -0.25) is 0 Å². The number of hydrogen-bond donors (Lipinski definition) is 0. The molecular formula is C20H18Si. The predicted octanol–water partition coefficient (Wildman–Crippen LogP) is 5.32. The van der Waals surface area contributed by atoms with Crippen LogP contribution in [0.3, 0.4) is 0 Å².